The molecule has 0 aliphatic rings. The highest BCUT2D eigenvalue weighted by molar-refractivity contribution is 6.30. The van der Waals surface area contributed by atoms with E-state index in [1.807, 2.05) is 18.2 Å². The maximum absolute atomic E-state index is 8.79. The minimum absolute atomic E-state index is 0.0981. The molecule has 0 aromatic heterocycles. The number of halogens is 1. The topological polar surface area (TPSA) is 44.0 Å². The van der Waals surface area contributed by atoms with Gasteiger partial charge in [-0.3, -0.25) is 0 Å². The van der Waals surface area contributed by atoms with Gasteiger partial charge in [-0.2, -0.15) is 5.26 Å². The van der Waals surface area contributed by atoms with Crippen LogP contribution in [-0.4, -0.2) is 11.7 Å². The van der Waals surface area contributed by atoms with Crippen molar-refractivity contribution in [3.63, 3.8) is 0 Å². The third-order valence-corrected chi connectivity index (χ3v) is 2.05. The van der Waals surface area contributed by atoms with E-state index in [-0.39, 0.29) is 12.5 Å². The maximum Gasteiger partial charge on any atom is 0.0734 e. The summed E-state index contributed by atoms with van der Waals surface area (Å²) in [6.07, 6.45) is 0.574. The molecule has 0 bridgehead atoms. The van der Waals surface area contributed by atoms with Crippen LogP contribution in [0.2, 0.25) is 5.02 Å². The molecule has 1 rings (SSSR count). The minimum Gasteiger partial charge on any atom is -0.395 e. The first-order valence-electron chi connectivity index (χ1n) is 4.01. The molecule has 68 valence electrons. The minimum atomic E-state index is -0.318. The Morgan fingerprint density at radius 2 is 2.00 bits per heavy atom. The van der Waals surface area contributed by atoms with Crippen LogP contribution < -0.4 is 0 Å². The van der Waals surface area contributed by atoms with Crippen LogP contribution in [0.3, 0.4) is 0 Å². The van der Waals surface area contributed by atoms with E-state index in [9.17, 15) is 0 Å². The van der Waals surface area contributed by atoms with E-state index in [0.717, 1.165) is 5.56 Å². The second-order valence-electron chi connectivity index (χ2n) is 2.84. The van der Waals surface area contributed by atoms with Gasteiger partial charge in [0.25, 0.3) is 0 Å². The summed E-state index contributed by atoms with van der Waals surface area (Å²) in [7, 11) is 0. The quantitative estimate of drug-likeness (QED) is 0.802. The predicted molar refractivity (Wildman–Crippen MR) is 51.3 cm³/mol. The van der Waals surface area contributed by atoms with Crippen LogP contribution in [0.5, 0.6) is 0 Å². The summed E-state index contributed by atoms with van der Waals surface area (Å²) in [4.78, 5) is 0. The van der Waals surface area contributed by atoms with Gasteiger partial charge in [0.1, 0.15) is 0 Å². The van der Waals surface area contributed by atoms with Gasteiger partial charge in [0.2, 0.25) is 0 Å². The molecule has 0 saturated carbocycles. The van der Waals surface area contributed by atoms with Crippen molar-refractivity contribution in [3.05, 3.63) is 34.9 Å². The molecule has 0 aliphatic heterocycles. The molecule has 1 aromatic rings. The monoisotopic (exact) mass is 195 g/mol. The largest absolute Gasteiger partial charge is 0.395 e. The molecular weight excluding hydrogens is 186 g/mol. The summed E-state index contributed by atoms with van der Waals surface area (Å²) in [6.45, 7) is -0.0981. The molecule has 13 heavy (non-hydrogen) atoms. The lowest BCUT2D eigenvalue weighted by Gasteiger charge is -2.04. The van der Waals surface area contributed by atoms with Crippen molar-refractivity contribution in [3.8, 4) is 6.07 Å². The van der Waals surface area contributed by atoms with Crippen LogP contribution in [0.25, 0.3) is 0 Å². The molecule has 0 heterocycles. The van der Waals surface area contributed by atoms with Gasteiger partial charge in [-0.15, -0.1) is 0 Å². The Kier molecular flexibility index (Phi) is 3.75. The molecule has 0 spiro atoms. The van der Waals surface area contributed by atoms with Gasteiger partial charge < -0.3 is 5.11 Å². The van der Waals surface area contributed by atoms with Gasteiger partial charge >= 0.3 is 0 Å². The Morgan fingerprint density at radius 1 is 1.38 bits per heavy atom. The van der Waals surface area contributed by atoms with Gasteiger partial charge in [0, 0.05) is 5.02 Å². The molecular formula is C10H10ClNO. The predicted octanol–water partition coefficient (Wildman–Crippen LogP) is 2.01. The van der Waals surface area contributed by atoms with Crippen molar-refractivity contribution in [2.75, 3.05) is 6.61 Å². The molecule has 1 atom stereocenters. The molecule has 0 aliphatic carbocycles. The van der Waals surface area contributed by atoms with E-state index in [0.29, 0.717) is 11.4 Å². The fourth-order valence-corrected chi connectivity index (χ4v) is 1.18. The number of nitriles is 1. The molecule has 1 aromatic carbocycles. The van der Waals surface area contributed by atoms with E-state index in [2.05, 4.69) is 0 Å². The Morgan fingerprint density at radius 3 is 2.46 bits per heavy atom. The second-order valence-corrected chi connectivity index (χ2v) is 3.28. The Hall–Kier alpha value is -1.04. The molecule has 0 amide bonds. The molecule has 2 nitrogen and oxygen atoms in total. The standard InChI is InChI=1S/C10H10ClNO/c11-10-3-1-8(2-4-10)5-9(6-12)7-13/h1-4,9,13H,5,7H2. The first kappa shape index (κ1) is 10.0. The van der Waals surface area contributed by atoms with Gasteiger partial charge in [-0.1, -0.05) is 23.7 Å². The van der Waals surface area contributed by atoms with Crippen molar-refractivity contribution in [2.45, 2.75) is 6.42 Å². The summed E-state index contributed by atoms with van der Waals surface area (Å²) < 4.78 is 0. The summed E-state index contributed by atoms with van der Waals surface area (Å²) in [5, 5.41) is 18.1. The first-order chi connectivity index (χ1) is 6.26. The number of nitrogens with zero attached hydrogens (tertiary/aromatic N) is 1. The zero-order valence-electron chi connectivity index (χ0n) is 7.07. The van der Waals surface area contributed by atoms with Crippen molar-refractivity contribution in [1.29, 1.82) is 5.26 Å². The molecule has 0 radical (unpaired) electrons. The Bertz CT molecular complexity index is 302. The molecule has 0 fully saturated rings. The number of aliphatic hydroxyl groups is 1. The fourth-order valence-electron chi connectivity index (χ4n) is 1.06. The van der Waals surface area contributed by atoms with Crippen LogP contribution >= 0.6 is 11.6 Å². The van der Waals surface area contributed by atoms with Gasteiger partial charge in [0.15, 0.2) is 0 Å². The zero-order chi connectivity index (χ0) is 9.68. The lowest BCUT2D eigenvalue weighted by atomic mass is 10.0. The molecule has 1 unspecified atom stereocenters. The van der Waals surface area contributed by atoms with Crippen molar-refractivity contribution in [2.24, 2.45) is 5.92 Å². The first-order valence-corrected chi connectivity index (χ1v) is 4.39. The summed E-state index contributed by atoms with van der Waals surface area (Å²) in [6, 6.07) is 9.32. The van der Waals surface area contributed by atoms with E-state index < -0.39 is 0 Å². The van der Waals surface area contributed by atoms with Crippen LogP contribution in [-0.2, 0) is 6.42 Å². The highest BCUT2D eigenvalue weighted by Crippen LogP contribution is 2.12. The number of hydrogen-bond donors (Lipinski definition) is 1. The highest BCUT2D eigenvalue weighted by atomic mass is 35.5. The van der Waals surface area contributed by atoms with Crippen molar-refractivity contribution in [1.82, 2.24) is 0 Å². The Labute approximate surface area is 82.4 Å². The number of benzene rings is 1. The van der Waals surface area contributed by atoms with E-state index in [1.54, 1.807) is 12.1 Å². The maximum atomic E-state index is 8.79. The third-order valence-electron chi connectivity index (χ3n) is 1.80. The van der Waals surface area contributed by atoms with Crippen LogP contribution in [0, 0.1) is 17.2 Å². The summed E-state index contributed by atoms with van der Waals surface area (Å²) in [5.74, 6) is -0.318. The van der Waals surface area contributed by atoms with Gasteiger partial charge in [-0.25, -0.2) is 0 Å². The lowest BCUT2D eigenvalue weighted by molar-refractivity contribution is 0.255. The average molecular weight is 196 g/mol. The van der Waals surface area contributed by atoms with Crippen molar-refractivity contribution >= 4 is 11.6 Å². The SMILES string of the molecule is N#CC(CO)Cc1ccc(Cl)cc1. The van der Waals surface area contributed by atoms with Crippen LogP contribution in [0.4, 0.5) is 0 Å². The second kappa shape index (κ2) is 4.86. The van der Waals surface area contributed by atoms with Crippen molar-refractivity contribution < 1.29 is 5.11 Å². The lowest BCUT2D eigenvalue weighted by Crippen LogP contribution is -2.06. The van der Waals surface area contributed by atoms with E-state index >= 15 is 0 Å². The molecule has 3 heteroatoms. The van der Waals surface area contributed by atoms with Gasteiger partial charge in [0.05, 0.1) is 18.6 Å². The normalized spacial score (nSPS) is 12.1. The zero-order valence-corrected chi connectivity index (χ0v) is 7.83. The number of hydrogen-bond acceptors (Lipinski definition) is 2. The number of aliphatic hydroxyl groups excluding tert-OH is 1. The molecule has 0 saturated heterocycles. The molecule has 1 N–H and O–H groups in total. The average Bonchev–Trinajstić information content (AvgIpc) is 2.17. The van der Waals surface area contributed by atoms with Crippen LogP contribution in [0.1, 0.15) is 5.56 Å². The fraction of sp³-hybridized carbons (Fsp3) is 0.300. The van der Waals surface area contributed by atoms with E-state index in [1.165, 1.54) is 0 Å². The summed E-state index contributed by atoms with van der Waals surface area (Å²) in [5.41, 5.74) is 1.02. The van der Waals surface area contributed by atoms with Gasteiger partial charge in [-0.05, 0) is 24.1 Å². The van der Waals surface area contributed by atoms with E-state index in [4.69, 9.17) is 22.0 Å². The Balaban J connectivity index is 2.64. The van der Waals surface area contributed by atoms with Crippen LogP contribution in [0.15, 0.2) is 24.3 Å². The smallest absolute Gasteiger partial charge is 0.0734 e. The number of rotatable bonds is 3. The summed E-state index contributed by atoms with van der Waals surface area (Å²) >= 11 is 5.70. The highest BCUT2D eigenvalue weighted by Gasteiger charge is 2.06. The third kappa shape index (κ3) is 3.06.